The average molecular weight is 303 g/mol. The summed E-state index contributed by atoms with van der Waals surface area (Å²) in [6.45, 7) is 4.32. The molecule has 0 amide bonds. The van der Waals surface area contributed by atoms with Crippen molar-refractivity contribution in [3.05, 3.63) is 53.9 Å². The van der Waals surface area contributed by atoms with Gasteiger partial charge in [-0.05, 0) is 29.7 Å². The van der Waals surface area contributed by atoms with Gasteiger partial charge in [-0.15, -0.1) is 0 Å². The summed E-state index contributed by atoms with van der Waals surface area (Å²) in [6, 6.07) is 15.9. The molecule has 1 aromatic heterocycles. The van der Waals surface area contributed by atoms with Crippen LogP contribution in [-0.2, 0) is 0 Å². The third kappa shape index (κ3) is 2.86. The van der Waals surface area contributed by atoms with Crippen molar-refractivity contribution < 1.29 is 4.74 Å². The van der Waals surface area contributed by atoms with Gasteiger partial charge in [0.1, 0.15) is 11.8 Å². The molecule has 0 fully saturated rings. The molecule has 0 aliphatic heterocycles. The first-order valence-corrected chi connectivity index (χ1v) is 7.48. The van der Waals surface area contributed by atoms with Crippen molar-refractivity contribution in [3.63, 3.8) is 0 Å². The van der Waals surface area contributed by atoms with Crippen molar-refractivity contribution in [1.29, 1.82) is 5.26 Å². The number of rotatable bonds is 3. The Labute approximate surface area is 135 Å². The van der Waals surface area contributed by atoms with Gasteiger partial charge in [0.25, 0.3) is 0 Å². The highest BCUT2D eigenvalue weighted by atomic mass is 16.5. The molecular weight excluding hydrogens is 286 g/mol. The molecule has 0 bridgehead atoms. The minimum Gasteiger partial charge on any atom is -0.497 e. The molecule has 0 N–H and O–H groups in total. The maximum absolute atomic E-state index is 9.19. The van der Waals surface area contributed by atoms with E-state index in [0.29, 0.717) is 5.92 Å². The van der Waals surface area contributed by atoms with Crippen LogP contribution < -0.4 is 4.74 Å². The Bertz CT molecular complexity index is 893. The number of methoxy groups -OCH3 is 1. The Morgan fingerprint density at radius 1 is 1.04 bits per heavy atom. The summed E-state index contributed by atoms with van der Waals surface area (Å²) < 4.78 is 5.30. The van der Waals surface area contributed by atoms with E-state index < -0.39 is 0 Å². The number of aromatic nitrogens is 2. The van der Waals surface area contributed by atoms with E-state index in [4.69, 9.17) is 4.74 Å². The molecule has 1 heterocycles. The largest absolute Gasteiger partial charge is 0.497 e. The average Bonchev–Trinajstić information content (AvgIpc) is 2.60. The number of nitrogens with zero attached hydrogens (tertiary/aromatic N) is 3. The minimum absolute atomic E-state index is 0.172. The number of hydrogen-bond donors (Lipinski definition) is 0. The lowest BCUT2D eigenvalue weighted by Gasteiger charge is -2.10. The monoisotopic (exact) mass is 303 g/mol. The summed E-state index contributed by atoms with van der Waals surface area (Å²) in [6.07, 6.45) is 0. The highest BCUT2D eigenvalue weighted by Crippen LogP contribution is 2.30. The third-order valence-corrected chi connectivity index (χ3v) is 3.85. The number of nitriles is 1. The molecule has 0 aliphatic rings. The lowest BCUT2D eigenvalue weighted by Crippen LogP contribution is -1.96. The second-order valence-electron chi connectivity index (χ2n) is 5.67. The van der Waals surface area contributed by atoms with Gasteiger partial charge in [0.2, 0.25) is 5.82 Å². The summed E-state index contributed by atoms with van der Waals surface area (Å²) in [7, 11) is 1.63. The molecule has 4 nitrogen and oxygen atoms in total. The van der Waals surface area contributed by atoms with Crippen LogP contribution in [0.4, 0.5) is 0 Å². The Morgan fingerprint density at radius 3 is 2.39 bits per heavy atom. The SMILES string of the molecule is COc1ccc2nc(C#N)nc(-c3ccc(C(C)C)cc3)c2c1. The smallest absolute Gasteiger partial charge is 0.233 e. The maximum Gasteiger partial charge on any atom is 0.233 e. The topological polar surface area (TPSA) is 58.8 Å². The first kappa shape index (κ1) is 15.0. The first-order valence-electron chi connectivity index (χ1n) is 7.48. The lowest BCUT2D eigenvalue weighted by atomic mass is 9.99. The number of benzene rings is 2. The van der Waals surface area contributed by atoms with Crippen molar-refractivity contribution in [2.75, 3.05) is 7.11 Å². The van der Waals surface area contributed by atoms with Gasteiger partial charge in [-0.2, -0.15) is 5.26 Å². The summed E-state index contributed by atoms with van der Waals surface area (Å²) in [4.78, 5) is 8.69. The van der Waals surface area contributed by atoms with Crippen LogP contribution >= 0.6 is 0 Å². The van der Waals surface area contributed by atoms with Crippen LogP contribution in [0.25, 0.3) is 22.2 Å². The second-order valence-corrected chi connectivity index (χ2v) is 5.67. The van der Waals surface area contributed by atoms with E-state index in [1.165, 1.54) is 5.56 Å². The fourth-order valence-corrected chi connectivity index (χ4v) is 2.53. The second kappa shape index (κ2) is 6.05. The Hall–Kier alpha value is -2.93. The van der Waals surface area contributed by atoms with E-state index in [1.54, 1.807) is 7.11 Å². The van der Waals surface area contributed by atoms with Gasteiger partial charge in [0.15, 0.2) is 0 Å². The van der Waals surface area contributed by atoms with Crippen LogP contribution in [0.1, 0.15) is 31.2 Å². The quantitative estimate of drug-likeness (QED) is 0.723. The third-order valence-electron chi connectivity index (χ3n) is 3.85. The summed E-state index contributed by atoms with van der Waals surface area (Å²) >= 11 is 0. The van der Waals surface area contributed by atoms with E-state index in [9.17, 15) is 5.26 Å². The van der Waals surface area contributed by atoms with Crippen LogP contribution in [-0.4, -0.2) is 17.1 Å². The van der Waals surface area contributed by atoms with Crippen molar-refractivity contribution in [3.8, 4) is 23.1 Å². The maximum atomic E-state index is 9.19. The van der Waals surface area contributed by atoms with Crippen LogP contribution in [0, 0.1) is 11.3 Å². The molecule has 2 aromatic carbocycles. The summed E-state index contributed by atoms with van der Waals surface area (Å²) in [5.74, 6) is 1.39. The van der Waals surface area contributed by atoms with Gasteiger partial charge in [-0.25, -0.2) is 9.97 Å². The number of ether oxygens (including phenoxy) is 1. The molecule has 0 atom stereocenters. The zero-order valence-corrected chi connectivity index (χ0v) is 13.4. The van der Waals surface area contributed by atoms with Gasteiger partial charge in [0, 0.05) is 10.9 Å². The minimum atomic E-state index is 0.172. The van der Waals surface area contributed by atoms with Gasteiger partial charge in [-0.3, -0.25) is 0 Å². The van der Waals surface area contributed by atoms with E-state index in [2.05, 4.69) is 35.9 Å². The van der Waals surface area contributed by atoms with Crippen molar-refractivity contribution in [1.82, 2.24) is 9.97 Å². The van der Waals surface area contributed by atoms with Crippen molar-refractivity contribution in [2.24, 2.45) is 0 Å². The molecule has 0 spiro atoms. The molecule has 4 heteroatoms. The Morgan fingerprint density at radius 2 is 1.78 bits per heavy atom. The molecule has 0 saturated carbocycles. The summed E-state index contributed by atoms with van der Waals surface area (Å²) in [5.41, 5.74) is 3.72. The van der Waals surface area contributed by atoms with Gasteiger partial charge in [0.05, 0.1) is 18.3 Å². The highest BCUT2D eigenvalue weighted by molar-refractivity contribution is 5.93. The van der Waals surface area contributed by atoms with Crippen LogP contribution in [0.3, 0.4) is 0 Å². The zero-order chi connectivity index (χ0) is 16.4. The highest BCUT2D eigenvalue weighted by Gasteiger charge is 2.11. The molecule has 3 aromatic rings. The Balaban J connectivity index is 2.23. The molecule has 0 radical (unpaired) electrons. The fraction of sp³-hybridized carbons (Fsp3) is 0.211. The zero-order valence-electron chi connectivity index (χ0n) is 13.4. The Kier molecular flexibility index (Phi) is 3.94. The van der Waals surface area contributed by atoms with Crippen LogP contribution in [0.15, 0.2) is 42.5 Å². The van der Waals surface area contributed by atoms with E-state index in [-0.39, 0.29) is 5.82 Å². The number of hydrogen-bond acceptors (Lipinski definition) is 4. The van der Waals surface area contributed by atoms with E-state index in [1.807, 2.05) is 36.4 Å². The van der Waals surface area contributed by atoms with E-state index >= 15 is 0 Å². The standard InChI is InChI=1S/C19H17N3O/c1-12(2)13-4-6-14(7-5-13)19-16-10-15(23-3)8-9-17(16)21-18(11-20)22-19/h4-10,12H,1-3H3. The summed E-state index contributed by atoms with van der Waals surface area (Å²) in [5, 5.41) is 10.1. The van der Waals surface area contributed by atoms with Crippen molar-refractivity contribution in [2.45, 2.75) is 19.8 Å². The fourth-order valence-electron chi connectivity index (χ4n) is 2.53. The molecule has 0 unspecified atom stereocenters. The molecule has 3 rings (SSSR count). The molecule has 23 heavy (non-hydrogen) atoms. The van der Waals surface area contributed by atoms with Gasteiger partial charge < -0.3 is 4.74 Å². The lowest BCUT2D eigenvalue weighted by molar-refractivity contribution is 0.415. The van der Waals surface area contributed by atoms with Gasteiger partial charge >= 0.3 is 0 Å². The van der Waals surface area contributed by atoms with E-state index in [0.717, 1.165) is 27.9 Å². The van der Waals surface area contributed by atoms with Gasteiger partial charge in [-0.1, -0.05) is 38.1 Å². The van der Waals surface area contributed by atoms with Crippen LogP contribution in [0.5, 0.6) is 5.75 Å². The molecule has 0 aliphatic carbocycles. The molecule has 0 saturated heterocycles. The number of fused-ring (bicyclic) bond motifs is 1. The molecular formula is C19H17N3O. The predicted molar refractivity (Wildman–Crippen MR) is 90.3 cm³/mol. The van der Waals surface area contributed by atoms with Crippen LogP contribution in [0.2, 0.25) is 0 Å². The molecule has 114 valence electrons. The predicted octanol–water partition coefficient (Wildman–Crippen LogP) is 4.30. The first-order chi connectivity index (χ1) is 11.1. The normalized spacial score (nSPS) is 10.7. The van der Waals surface area contributed by atoms with Crippen molar-refractivity contribution >= 4 is 10.9 Å².